The summed E-state index contributed by atoms with van der Waals surface area (Å²) in [5.74, 6) is 0. The average molecular weight is 272 g/mol. The molecule has 2 rings (SSSR count). The lowest BCUT2D eigenvalue weighted by molar-refractivity contribution is 0.186. The molecule has 92 valence electrons. The summed E-state index contributed by atoms with van der Waals surface area (Å²) in [5, 5.41) is 15.6. The predicted octanol–water partition coefficient (Wildman–Crippen LogP) is 0.728. The molecule has 0 aliphatic rings. The van der Waals surface area contributed by atoms with E-state index >= 15 is 0 Å². The van der Waals surface area contributed by atoms with Gasteiger partial charge >= 0.3 is 0 Å². The van der Waals surface area contributed by atoms with E-state index < -0.39 is 16.3 Å². The van der Waals surface area contributed by atoms with Gasteiger partial charge < -0.3 is 5.11 Å². The lowest BCUT2D eigenvalue weighted by atomic mass is 10.2. The predicted molar refractivity (Wildman–Crippen MR) is 67.9 cm³/mol. The molecule has 1 heterocycles. The fourth-order valence-electron chi connectivity index (χ4n) is 1.46. The SMILES string of the molecule is NS(=O)(=O)NCC(O)c1cc2ccccc2s1. The van der Waals surface area contributed by atoms with Gasteiger partial charge in [0.2, 0.25) is 0 Å². The molecule has 1 atom stereocenters. The van der Waals surface area contributed by atoms with Gasteiger partial charge in [0.15, 0.2) is 0 Å². The second-order valence-electron chi connectivity index (χ2n) is 3.60. The molecule has 0 saturated carbocycles. The zero-order valence-electron chi connectivity index (χ0n) is 8.83. The first-order valence-corrected chi connectivity index (χ1v) is 7.26. The van der Waals surface area contributed by atoms with Crippen molar-refractivity contribution in [3.63, 3.8) is 0 Å². The topological polar surface area (TPSA) is 92.4 Å². The van der Waals surface area contributed by atoms with Crippen LogP contribution in [-0.2, 0) is 10.2 Å². The molecule has 0 radical (unpaired) electrons. The van der Waals surface area contributed by atoms with Crippen molar-refractivity contribution in [2.24, 2.45) is 5.14 Å². The van der Waals surface area contributed by atoms with E-state index in [1.165, 1.54) is 11.3 Å². The number of aliphatic hydroxyl groups excluding tert-OH is 1. The van der Waals surface area contributed by atoms with Crippen LogP contribution in [0.4, 0.5) is 0 Å². The van der Waals surface area contributed by atoms with Crippen molar-refractivity contribution in [3.8, 4) is 0 Å². The van der Waals surface area contributed by atoms with Gasteiger partial charge in [0.25, 0.3) is 10.2 Å². The maximum absolute atomic E-state index is 10.7. The average Bonchev–Trinajstić information content (AvgIpc) is 2.68. The van der Waals surface area contributed by atoms with Gasteiger partial charge in [0, 0.05) is 16.1 Å². The number of hydrogen-bond acceptors (Lipinski definition) is 4. The van der Waals surface area contributed by atoms with Crippen LogP contribution in [0.2, 0.25) is 0 Å². The molecule has 7 heteroatoms. The van der Waals surface area contributed by atoms with Crippen LogP contribution in [0.5, 0.6) is 0 Å². The molecular formula is C10H12N2O3S2. The molecule has 1 aromatic heterocycles. The molecule has 0 bridgehead atoms. The highest BCUT2D eigenvalue weighted by Gasteiger charge is 2.13. The van der Waals surface area contributed by atoms with Crippen LogP contribution in [0.3, 0.4) is 0 Å². The summed E-state index contributed by atoms with van der Waals surface area (Å²) in [5.41, 5.74) is 0. The monoisotopic (exact) mass is 272 g/mol. The number of hydrogen-bond donors (Lipinski definition) is 3. The van der Waals surface area contributed by atoms with Crippen molar-refractivity contribution in [1.82, 2.24) is 4.72 Å². The van der Waals surface area contributed by atoms with Crippen LogP contribution < -0.4 is 9.86 Å². The Kier molecular flexibility index (Phi) is 3.45. The van der Waals surface area contributed by atoms with Crippen molar-refractivity contribution in [1.29, 1.82) is 0 Å². The highest BCUT2D eigenvalue weighted by atomic mass is 32.2. The van der Waals surface area contributed by atoms with Crippen LogP contribution in [0, 0.1) is 0 Å². The summed E-state index contributed by atoms with van der Waals surface area (Å²) in [6, 6.07) is 9.55. The van der Waals surface area contributed by atoms with Crippen LogP contribution in [0.25, 0.3) is 10.1 Å². The Balaban J connectivity index is 2.16. The smallest absolute Gasteiger partial charge is 0.274 e. The second kappa shape index (κ2) is 4.71. The van der Waals surface area contributed by atoms with Gasteiger partial charge in [-0.25, -0.2) is 5.14 Å². The Labute approximate surface area is 103 Å². The van der Waals surface area contributed by atoms with E-state index in [1.807, 2.05) is 30.3 Å². The molecule has 1 unspecified atom stereocenters. The minimum atomic E-state index is -3.76. The minimum Gasteiger partial charge on any atom is -0.386 e. The van der Waals surface area contributed by atoms with Crippen LogP contribution in [-0.4, -0.2) is 20.1 Å². The standard InChI is InChI=1S/C10H12N2O3S2/c11-17(14,15)12-6-8(13)10-5-7-3-1-2-4-9(7)16-10/h1-5,8,12-13H,6H2,(H2,11,14,15). The second-order valence-corrected chi connectivity index (χ2v) is 6.09. The van der Waals surface area contributed by atoms with Gasteiger partial charge in [-0.2, -0.15) is 13.1 Å². The van der Waals surface area contributed by atoms with Gasteiger partial charge in [0.05, 0.1) is 0 Å². The lowest BCUT2D eigenvalue weighted by Crippen LogP contribution is -2.33. The number of thiophene rings is 1. The summed E-state index contributed by atoms with van der Waals surface area (Å²) in [6.45, 7) is -0.119. The molecule has 0 amide bonds. The van der Waals surface area contributed by atoms with Gasteiger partial charge in [-0.3, -0.25) is 0 Å². The Morgan fingerprint density at radius 3 is 2.76 bits per heavy atom. The quantitative estimate of drug-likeness (QED) is 0.766. The molecule has 4 N–H and O–H groups in total. The fourth-order valence-corrected chi connectivity index (χ4v) is 2.90. The first kappa shape index (κ1) is 12.5. The van der Waals surface area contributed by atoms with Gasteiger partial charge in [-0.05, 0) is 17.5 Å². The Morgan fingerprint density at radius 2 is 2.12 bits per heavy atom. The van der Waals surface area contributed by atoms with Crippen LogP contribution in [0.15, 0.2) is 30.3 Å². The van der Waals surface area contributed by atoms with Crippen molar-refractivity contribution < 1.29 is 13.5 Å². The van der Waals surface area contributed by atoms with Crippen LogP contribution >= 0.6 is 11.3 Å². The van der Waals surface area contributed by atoms with E-state index in [1.54, 1.807) is 0 Å². The summed E-state index contributed by atoms with van der Waals surface area (Å²) in [6.07, 6.45) is -0.884. The van der Waals surface area contributed by atoms with Crippen molar-refractivity contribution >= 4 is 31.6 Å². The highest BCUT2D eigenvalue weighted by molar-refractivity contribution is 7.87. The highest BCUT2D eigenvalue weighted by Crippen LogP contribution is 2.29. The molecule has 0 spiro atoms. The lowest BCUT2D eigenvalue weighted by Gasteiger charge is -2.07. The Bertz CT molecular complexity index is 588. The normalized spacial score (nSPS) is 14.0. The maximum Gasteiger partial charge on any atom is 0.274 e. The van der Waals surface area contributed by atoms with Crippen molar-refractivity contribution in [2.75, 3.05) is 6.54 Å². The zero-order valence-corrected chi connectivity index (χ0v) is 10.5. The van der Waals surface area contributed by atoms with E-state index in [0.29, 0.717) is 4.88 Å². The van der Waals surface area contributed by atoms with E-state index in [-0.39, 0.29) is 6.54 Å². The summed E-state index contributed by atoms with van der Waals surface area (Å²) >= 11 is 1.43. The summed E-state index contributed by atoms with van der Waals surface area (Å²) in [4.78, 5) is 0.711. The van der Waals surface area contributed by atoms with Gasteiger partial charge in [0.1, 0.15) is 6.10 Å². The van der Waals surface area contributed by atoms with Gasteiger partial charge in [-0.1, -0.05) is 18.2 Å². The number of fused-ring (bicyclic) bond motifs is 1. The number of benzene rings is 1. The molecule has 1 aromatic carbocycles. The van der Waals surface area contributed by atoms with Crippen molar-refractivity contribution in [3.05, 3.63) is 35.2 Å². The third kappa shape index (κ3) is 3.24. The molecule has 0 aliphatic carbocycles. The number of rotatable bonds is 4. The molecule has 5 nitrogen and oxygen atoms in total. The number of nitrogens with two attached hydrogens (primary N) is 1. The Hall–Kier alpha value is -0.990. The minimum absolute atomic E-state index is 0.119. The first-order valence-electron chi connectivity index (χ1n) is 4.89. The molecule has 17 heavy (non-hydrogen) atoms. The van der Waals surface area contributed by atoms with E-state index in [4.69, 9.17) is 5.14 Å². The van der Waals surface area contributed by atoms with E-state index in [9.17, 15) is 13.5 Å². The maximum atomic E-state index is 10.7. The third-order valence-electron chi connectivity index (χ3n) is 2.25. The molecule has 0 saturated heterocycles. The fraction of sp³-hybridized carbons (Fsp3) is 0.200. The zero-order chi connectivity index (χ0) is 12.5. The summed E-state index contributed by atoms with van der Waals surface area (Å²) in [7, 11) is -3.76. The Morgan fingerprint density at radius 1 is 1.41 bits per heavy atom. The van der Waals surface area contributed by atoms with Gasteiger partial charge in [-0.15, -0.1) is 11.3 Å². The number of aliphatic hydroxyl groups is 1. The van der Waals surface area contributed by atoms with Crippen LogP contribution in [0.1, 0.15) is 11.0 Å². The molecule has 0 aliphatic heterocycles. The van der Waals surface area contributed by atoms with E-state index in [0.717, 1.165) is 10.1 Å². The summed E-state index contributed by atoms with van der Waals surface area (Å²) < 4.78 is 24.5. The molecular weight excluding hydrogens is 260 g/mol. The third-order valence-corrected chi connectivity index (χ3v) is 4.04. The molecule has 2 aromatic rings. The van der Waals surface area contributed by atoms with Crippen molar-refractivity contribution in [2.45, 2.75) is 6.10 Å². The number of nitrogens with one attached hydrogen (secondary N) is 1. The molecule has 0 fully saturated rings. The largest absolute Gasteiger partial charge is 0.386 e. The first-order chi connectivity index (χ1) is 7.96. The van der Waals surface area contributed by atoms with E-state index in [2.05, 4.69) is 4.72 Å².